The highest BCUT2D eigenvalue weighted by molar-refractivity contribution is 5.85. The molecule has 4 heteroatoms. The van der Waals surface area contributed by atoms with E-state index in [-0.39, 0.29) is 12.4 Å². The number of rotatable bonds is 2. The van der Waals surface area contributed by atoms with Gasteiger partial charge in [-0.25, -0.2) is 0 Å². The number of nitrogens with one attached hydrogen (secondary N) is 1. The maximum absolute atomic E-state index is 3.99. The molecule has 0 aliphatic heterocycles. The molecule has 0 saturated heterocycles. The number of anilines is 1. The number of aromatic nitrogens is 2. The number of hydrogen-bond donors (Lipinski definition) is 1. The quantitative estimate of drug-likeness (QED) is 0.708. The Balaban J connectivity index is 0.000000810. The van der Waals surface area contributed by atoms with Crippen molar-refractivity contribution in [1.82, 2.24) is 9.78 Å². The van der Waals surface area contributed by atoms with Crippen molar-refractivity contribution in [1.29, 1.82) is 0 Å². The second-order valence-electron chi connectivity index (χ2n) is 1.93. The lowest BCUT2D eigenvalue weighted by molar-refractivity contribution is 0.768. The molecule has 1 aromatic rings. The van der Waals surface area contributed by atoms with Crippen LogP contribution < -0.4 is 5.32 Å². The first-order chi connectivity index (χ1) is 4.33. The molecule has 0 amide bonds. The van der Waals surface area contributed by atoms with E-state index in [1.165, 1.54) is 0 Å². The fraction of sp³-hybridized carbons (Fsp3) is 0.500. The van der Waals surface area contributed by atoms with Crippen LogP contribution in [-0.4, -0.2) is 16.3 Å². The van der Waals surface area contributed by atoms with Crippen LogP contribution in [-0.2, 0) is 7.05 Å². The molecule has 1 heterocycles. The zero-order valence-corrected chi connectivity index (χ0v) is 6.98. The van der Waals surface area contributed by atoms with Crippen LogP contribution >= 0.6 is 12.4 Å². The Morgan fingerprint density at radius 2 is 2.40 bits per heavy atom. The van der Waals surface area contributed by atoms with Gasteiger partial charge in [0, 0.05) is 19.8 Å². The van der Waals surface area contributed by atoms with Crippen LogP contribution in [0.4, 0.5) is 5.69 Å². The summed E-state index contributed by atoms with van der Waals surface area (Å²) in [6.45, 7) is 3.01. The Bertz CT molecular complexity index is 185. The molecule has 0 aliphatic rings. The fourth-order valence-corrected chi connectivity index (χ4v) is 0.717. The number of hydrogen-bond acceptors (Lipinski definition) is 2. The minimum atomic E-state index is 0. The molecule has 10 heavy (non-hydrogen) atoms. The van der Waals surface area contributed by atoms with Crippen molar-refractivity contribution in [3.05, 3.63) is 12.4 Å². The number of aryl methyl sites for hydroxylation is 1. The first-order valence-corrected chi connectivity index (χ1v) is 3.05. The summed E-state index contributed by atoms with van der Waals surface area (Å²) < 4.78 is 1.78. The second-order valence-corrected chi connectivity index (χ2v) is 1.93. The van der Waals surface area contributed by atoms with E-state index < -0.39 is 0 Å². The predicted octanol–water partition coefficient (Wildman–Crippen LogP) is 1.27. The van der Waals surface area contributed by atoms with Gasteiger partial charge in [-0.1, -0.05) is 0 Å². The fourth-order valence-electron chi connectivity index (χ4n) is 0.717. The van der Waals surface area contributed by atoms with Crippen LogP contribution in [0.15, 0.2) is 12.4 Å². The van der Waals surface area contributed by atoms with Crippen molar-refractivity contribution in [3.8, 4) is 0 Å². The van der Waals surface area contributed by atoms with E-state index in [0.29, 0.717) is 0 Å². The monoisotopic (exact) mass is 161 g/mol. The average Bonchev–Trinajstić information content (AvgIpc) is 2.17. The van der Waals surface area contributed by atoms with Crippen molar-refractivity contribution in [2.75, 3.05) is 11.9 Å². The Kier molecular flexibility index (Phi) is 3.88. The van der Waals surface area contributed by atoms with Crippen molar-refractivity contribution in [2.24, 2.45) is 7.05 Å². The SMILES string of the molecule is CCNc1cnn(C)c1.Cl. The van der Waals surface area contributed by atoms with E-state index in [1.54, 1.807) is 4.68 Å². The lowest BCUT2D eigenvalue weighted by atomic mass is 10.5. The Morgan fingerprint density at radius 1 is 1.70 bits per heavy atom. The molecule has 58 valence electrons. The normalized spacial score (nSPS) is 8.60. The van der Waals surface area contributed by atoms with Crippen LogP contribution in [0, 0.1) is 0 Å². The lowest BCUT2D eigenvalue weighted by Crippen LogP contribution is -1.93. The van der Waals surface area contributed by atoms with Crippen molar-refractivity contribution >= 4 is 18.1 Å². The van der Waals surface area contributed by atoms with Gasteiger partial charge >= 0.3 is 0 Å². The van der Waals surface area contributed by atoms with Gasteiger partial charge in [0.2, 0.25) is 0 Å². The molecule has 0 radical (unpaired) electrons. The van der Waals surface area contributed by atoms with Gasteiger partial charge in [-0.05, 0) is 6.92 Å². The molecule has 3 nitrogen and oxygen atoms in total. The average molecular weight is 162 g/mol. The van der Waals surface area contributed by atoms with Crippen LogP contribution in [0.25, 0.3) is 0 Å². The highest BCUT2D eigenvalue weighted by atomic mass is 35.5. The highest BCUT2D eigenvalue weighted by Gasteiger charge is 1.89. The van der Waals surface area contributed by atoms with E-state index in [9.17, 15) is 0 Å². The zero-order chi connectivity index (χ0) is 6.69. The molecule has 0 atom stereocenters. The minimum absolute atomic E-state index is 0. The molecule has 1 N–H and O–H groups in total. The third-order valence-electron chi connectivity index (χ3n) is 1.09. The van der Waals surface area contributed by atoms with Crippen molar-refractivity contribution < 1.29 is 0 Å². The maximum Gasteiger partial charge on any atom is 0.0726 e. The third-order valence-corrected chi connectivity index (χ3v) is 1.09. The van der Waals surface area contributed by atoms with Crippen LogP contribution in [0.1, 0.15) is 6.92 Å². The largest absolute Gasteiger partial charge is 0.383 e. The number of halogens is 1. The smallest absolute Gasteiger partial charge is 0.0726 e. The molecular formula is C6H12ClN3. The van der Waals surface area contributed by atoms with Crippen molar-refractivity contribution in [2.45, 2.75) is 6.92 Å². The molecule has 0 fully saturated rings. The summed E-state index contributed by atoms with van der Waals surface area (Å²) in [6.07, 6.45) is 3.76. The predicted molar refractivity (Wildman–Crippen MR) is 44.6 cm³/mol. The van der Waals surface area contributed by atoms with Crippen LogP contribution in [0.3, 0.4) is 0 Å². The topological polar surface area (TPSA) is 29.9 Å². The molecule has 0 spiro atoms. The van der Waals surface area contributed by atoms with E-state index in [2.05, 4.69) is 17.3 Å². The summed E-state index contributed by atoms with van der Waals surface area (Å²) in [7, 11) is 1.90. The van der Waals surface area contributed by atoms with Gasteiger partial charge in [-0.3, -0.25) is 4.68 Å². The van der Waals surface area contributed by atoms with Gasteiger partial charge < -0.3 is 5.32 Å². The highest BCUT2D eigenvalue weighted by Crippen LogP contribution is 2.00. The van der Waals surface area contributed by atoms with Gasteiger partial charge in [0.05, 0.1) is 11.9 Å². The molecule has 0 unspecified atom stereocenters. The summed E-state index contributed by atoms with van der Waals surface area (Å²) in [5.41, 5.74) is 1.08. The molecule has 0 bridgehead atoms. The van der Waals surface area contributed by atoms with Crippen LogP contribution in [0.5, 0.6) is 0 Å². The Morgan fingerprint density at radius 3 is 2.80 bits per heavy atom. The number of nitrogens with zero attached hydrogens (tertiary/aromatic N) is 2. The molecule has 1 rings (SSSR count). The van der Waals surface area contributed by atoms with E-state index in [4.69, 9.17) is 0 Å². The lowest BCUT2D eigenvalue weighted by Gasteiger charge is -1.93. The van der Waals surface area contributed by atoms with Gasteiger partial charge in [-0.15, -0.1) is 12.4 Å². The summed E-state index contributed by atoms with van der Waals surface area (Å²) >= 11 is 0. The van der Waals surface area contributed by atoms with E-state index in [1.807, 2.05) is 19.4 Å². The molecule has 0 saturated carbocycles. The third kappa shape index (κ3) is 2.27. The molecular weight excluding hydrogens is 150 g/mol. The first-order valence-electron chi connectivity index (χ1n) is 3.05. The summed E-state index contributed by atoms with van der Waals surface area (Å²) in [5.74, 6) is 0. The van der Waals surface area contributed by atoms with Gasteiger partial charge in [-0.2, -0.15) is 5.10 Å². The van der Waals surface area contributed by atoms with E-state index >= 15 is 0 Å². The molecule has 0 aromatic carbocycles. The first kappa shape index (κ1) is 9.30. The summed E-state index contributed by atoms with van der Waals surface area (Å²) in [5, 5.41) is 7.13. The van der Waals surface area contributed by atoms with Crippen molar-refractivity contribution in [3.63, 3.8) is 0 Å². The minimum Gasteiger partial charge on any atom is -0.383 e. The molecule has 0 aliphatic carbocycles. The second kappa shape index (κ2) is 4.17. The molecule has 1 aromatic heterocycles. The van der Waals surface area contributed by atoms with Crippen LogP contribution in [0.2, 0.25) is 0 Å². The summed E-state index contributed by atoms with van der Waals surface area (Å²) in [4.78, 5) is 0. The van der Waals surface area contributed by atoms with Gasteiger partial charge in [0.15, 0.2) is 0 Å². The Hall–Kier alpha value is -0.700. The Labute approximate surface area is 66.8 Å². The zero-order valence-electron chi connectivity index (χ0n) is 6.16. The van der Waals surface area contributed by atoms with Gasteiger partial charge in [0.1, 0.15) is 0 Å². The standard InChI is InChI=1S/C6H11N3.ClH/c1-3-7-6-4-8-9(2)5-6;/h4-5,7H,3H2,1-2H3;1H. The van der Waals surface area contributed by atoms with E-state index in [0.717, 1.165) is 12.2 Å². The van der Waals surface area contributed by atoms with Gasteiger partial charge in [0.25, 0.3) is 0 Å². The summed E-state index contributed by atoms with van der Waals surface area (Å²) in [6, 6.07) is 0. The maximum atomic E-state index is 3.99.